The van der Waals surface area contributed by atoms with Crippen molar-refractivity contribution in [2.75, 3.05) is 56.0 Å². The van der Waals surface area contributed by atoms with Crippen LogP contribution in [0.15, 0.2) is 24.3 Å². The zero-order chi connectivity index (χ0) is 21.8. The lowest BCUT2D eigenvalue weighted by molar-refractivity contribution is -0.137. The Morgan fingerprint density at radius 3 is 2.19 bits per heavy atom. The van der Waals surface area contributed by atoms with Crippen molar-refractivity contribution < 1.29 is 14.3 Å². The predicted molar refractivity (Wildman–Crippen MR) is 122 cm³/mol. The molecule has 4 rings (SSSR count). The quantitative estimate of drug-likeness (QED) is 0.781. The molecule has 2 heterocycles. The largest absolute Gasteiger partial charge is 0.372 e. The normalized spacial score (nSPS) is 25.6. The number of carbonyl (C=O) groups is 2. The molecular formula is C24H36N4O3. The summed E-state index contributed by atoms with van der Waals surface area (Å²) in [6.07, 6.45) is 4.90. The van der Waals surface area contributed by atoms with Gasteiger partial charge in [-0.25, -0.2) is 0 Å². The van der Waals surface area contributed by atoms with Gasteiger partial charge in [0.25, 0.3) is 0 Å². The SMILES string of the molecule is CC1CN(c2ccc(NC(=O)CN3CCN(C(=O)C4CCCC4)CC3)cc2)CC(C)O1. The smallest absolute Gasteiger partial charge is 0.238 e. The molecule has 2 aliphatic heterocycles. The first-order chi connectivity index (χ1) is 15.0. The van der Waals surface area contributed by atoms with E-state index >= 15 is 0 Å². The Morgan fingerprint density at radius 1 is 0.968 bits per heavy atom. The molecule has 1 aromatic rings. The molecule has 3 aliphatic rings. The molecule has 0 spiro atoms. The van der Waals surface area contributed by atoms with Gasteiger partial charge in [0.05, 0.1) is 18.8 Å². The van der Waals surface area contributed by atoms with Gasteiger partial charge in [0.15, 0.2) is 0 Å². The minimum Gasteiger partial charge on any atom is -0.372 e. The second kappa shape index (κ2) is 10.0. The molecule has 1 aliphatic carbocycles. The second-order valence-electron chi connectivity index (χ2n) is 9.34. The average Bonchev–Trinajstić information content (AvgIpc) is 3.28. The maximum Gasteiger partial charge on any atom is 0.238 e. The third kappa shape index (κ3) is 5.77. The van der Waals surface area contributed by atoms with Crippen LogP contribution in [0.25, 0.3) is 0 Å². The first-order valence-corrected chi connectivity index (χ1v) is 11.8. The van der Waals surface area contributed by atoms with Gasteiger partial charge in [-0.2, -0.15) is 0 Å². The number of carbonyl (C=O) groups excluding carboxylic acids is 2. The summed E-state index contributed by atoms with van der Waals surface area (Å²) in [5.74, 6) is 0.560. The lowest BCUT2D eigenvalue weighted by atomic mass is 10.1. The lowest BCUT2D eigenvalue weighted by Crippen LogP contribution is -2.51. The Hall–Kier alpha value is -2.12. The molecule has 2 atom stereocenters. The van der Waals surface area contributed by atoms with Crippen molar-refractivity contribution in [1.29, 1.82) is 0 Å². The Kier molecular flexibility index (Phi) is 7.13. The molecular weight excluding hydrogens is 392 g/mol. The van der Waals surface area contributed by atoms with Crippen LogP contribution in [0.5, 0.6) is 0 Å². The van der Waals surface area contributed by atoms with Gasteiger partial charge in [0.1, 0.15) is 0 Å². The van der Waals surface area contributed by atoms with Crippen molar-refractivity contribution in [3.05, 3.63) is 24.3 Å². The van der Waals surface area contributed by atoms with Gasteiger partial charge in [-0.05, 0) is 51.0 Å². The van der Waals surface area contributed by atoms with Crippen molar-refractivity contribution in [2.24, 2.45) is 5.92 Å². The van der Waals surface area contributed by atoms with E-state index in [0.717, 1.165) is 63.5 Å². The molecule has 1 aromatic carbocycles. The Balaban J connectivity index is 1.21. The van der Waals surface area contributed by atoms with Gasteiger partial charge in [-0.15, -0.1) is 0 Å². The molecule has 7 nitrogen and oxygen atoms in total. The summed E-state index contributed by atoms with van der Waals surface area (Å²) in [4.78, 5) is 31.5. The van der Waals surface area contributed by atoms with Gasteiger partial charge in [0, 0.05) is 56.6 Å². The Labute approximate surface area is 185 Å². The summed E-state index contributed by atoms with van der Waals surface area (Å²) in [6.45, 7) is 9.31. The van der Waals surface area contributed by atoms with E-state index in [9.17, 15) is 9.59 Å². The van der Waals surface area contributed by atoms with Crippen LogP contribution >= 0.6 is 0 Å². The van der Waals surface area contributed by atoms with Gasteiger partial charge >= 0.3 is 0 Å². The maximum atomic E-state index is 12.6. The number of amides is 2. The van der Waals surface area contributed by atoms with Gasteiger partial charge in [-0.3, -0.25) is 14.5 Å². The monoisotopic (exact) mass is 428 g/mol. The van der Waals surface area contributed by atoms with Crippen LogP contribution in [0.3, 0.4) is 0 Å². The summed E-state index contributed by atoms with van der Waals surface area (Å²) >= 11 is 0. The number of piperazine rings is 1. The molecule has 0 aromatic heterocycles. The molecule has 0 bridgehead atoms. The number of rotatable bonds is 5. The van der Waals surface area contributed by atoms with Crippen LogP contribution < -0.4 is 10.2 Å². The number of anilines is 2. The number of nitrogens with one attached hydrogen (secondary N) is 1. The highest BCUT2D eigenvalue weighted by Gasteiger charge is 2.29. The van der Waals surface area contributed by atoms with E-state index in [1.165, 1.54) is 12.8 Å². The highest BCUT2D eigenvalue weighted by atomic mass is 16.5. The van der Waals surface area contributed by atoms with Gasteiger partial charge in [0.2, 0.25) is 11.8 Å². The van der Waals surface area contributed by atoms with Gasteiger partial charge < -0.3 is 19.9 Å². The van der Waals surface area contributed by atoms with Crippen LogP contribution in [0, 0.1) is 5.92 Å². The average molecular weight is 429 g/mol. The van der Waals surface area contributed by atoms with Crippen LogP contribution in [0.1, 0.15) is 39.5 Å². The first-order valence-electron chi connectivity index (χ1n) is 11.8. The minimum atomic E-state index is -0.00284. The van der Waals surface area contributed by atoms with E-state index in [0.29, 0.717) is 12.5 Å². The highest BCUT2D eigenvalue weighted by Crippen LogP contribution is 2.27. The number of ether oxygens (including phenoxy) is 1. The van der Waals surface area contributed by atoms with Crippen LogP contribution in [0.2, 0.25) is 0 Å². The summed E-state index contributed by atoms with van der Waals surface area (Å²) in [5, 5.41) is 3.01. The summed E-state index contributed by atoms with van der Waals surface area (Å²) < 4.78 is 5.81. The molecule has 0 radical (unpaired) electrons. The Bertz CT molecular complexity index is 745. The fourth-order valence-electron chi connectivity index (χ4n) is 5.11. The predicted octanol–water partition coefficient (Wildman–Crippen LogP) is 2.57. The lowest BCUT2D eigenvalue weighted by Gasteiger charge is -2.37. The fraction of sp³-hybridized carbons (Fsp3) is 0.667. The second-order valence-corrected chi connectivity index (χ2v) is 9.34. The molecule has 2 unspecified atom stereocenters. The molecule has 2 amide bonds. The number of benzene rings is 1. The summed E-state index contributed by atoms with van der Waals surface area (Å²) in [5.41, 5.74) is 1.97. The van der Waals surface area contributed by atoms with Crippen molar-refractivity contribution in [3.8, 4) is 0 Å². The van der Waals surface area contributed by atoms with E-state index < -0.39 is 0 Å². The maximum absolute atomic E-state index is 12.6. The topological polar surface area (TPSA) is 65.1 Å². The third-order valence-corrected chi connectivity index (χ3v) is 6.69. The molecule has 7 heteroatoms. The van der Waals surface area contributed by atoms with E-state index in [4.69, 9.17) is 4.74 Å². The van der Waals surface area contributed by atoms with Crippen molar-refractivity contribution in [3.63, 3.8) is 0 Å². The Morgan fingerprint density at radius 2 is 1.58 bits per heavy atom. The summed E-state index contributed by atoms with van der Waals surface area (Å²) in [7, 11) is 0. The minimum absolute atomic E-state index is 0.00284. The number of morpholine rings is 1. The van der Waals surface area contributed by atoms with Crippen molar-refractivity contribution >= 4 is 23.2 Å². The molecule has 170 valence electrons. The van der Waals surface area contributed by atoms with E-state index in [1.54, 1.807) is 0 Å². The zero-order valence-corrected chi connectivity index (χ0v) is 18.9. The first kappa shape index (κ1) is 22.1. The number of hydrogen-bond donors (Lipinski definition) is 1. The van der Waals surface area contributed by atoms with E-state index in [-0.39, 0.29) is 24.0 Å². The zero-order valence-electron chi connectivity index (χ0n) is 18.9. The van der Waals surface area contributed by atoms with E-state index in [1.807, 2.05) is 17.0 Å². The molecule has 1 saturated carbocycles. The summed E-state index contributed by atoms with van der Waals surface area (Å²) in [6, 6.07) is 8.06. The molecule has 3 fully saturated rings. The standard InChI is InChI=1S/C24H36N4O3/c1-18-15-28(16-19(2)31-18)22-9-7-21(8-10-22)25-23(29)17-26-11-13-27(14-12-26)24(30)20-5-3-4-6-20/h7-10,18-20H,3-6,11-17H2,1-2H3,(H,25,29). The third-order valence-electron chi connectivity index (χ3n) is 6.69. The van der Waals surface area contributed by atoms with Crippen LogP contribution in [-0.2, 0) is 14.3 Å². The number of hydrogen-bond acceptors (Lipinski definition) is 5. The van der Waals surface area contributed by atoms with E-state index in [2.05, 4.69) is 41.1 Å². The highest BCUT2D eigenvalue weighted by molar-refractivity contribution is 5.92. The van der Waals surface area contributed by atoms with Crippen molar-refractivity contribution in [1.82, 2.24) is 9.80 Å². The van der Waals surface area contributed by atoms with Crippen LogP contribution in [-0.4, -0.2) is 79.6 Å². The molecule has 31 heavy (non-hydrogen) atoms. The molecule has 2 saturated heterocycles. The van der Waals surface area contributed by atoms with Crippen LogP contribution in [0.4, 0.5) is 11.4 Å². The number of nitrogens with zero attached hydrogens (tertiary/aromatic N) is 3. The molecule has 1 N–H and O–H groups in total. The fourth-order valence-corrected chi connectivity index (χ4v) is 5.11. The van der Waals surface area contributed by atoms with Crippen molar-refractivity contribution in [2.45, 2.75) is 51.7 Å². The van der Waals surface area contributed by atoms with Gasteiger partial charge in [-0.1, -0.05) is 12.8 Å².